The van der Waals surface area contributed by atoms with Gasteiger partial charge < -0.3 is 14.8 Å². The maximum Gasteiger partial charge on any atom is 0.249 e. The van der Waals surface area contributed by atoms with E-state index in [1.165, 1.54) is 4.90 Å². The quantitative estimate of drug-likeness (QED) is 0.305. The number of nitrogens with zero attached hydrogens (tertiary/aromatic N) is 4. The van der Waals surface area contributed by atoms with Crippen LogP contribution in [0.4, 0.5) is 5.69 Å². The standard InChI is InChI=1S/C32H29N5O4/c1-22-9-5-6-12-25(22)31(32(39)33-20-23-10-3-2-4-11-23)37(24-15-16-28-29(19-24)41-18-17-40-28)30(38)21-36-27-14-8-7-13-26(27)34-35-36/h2-16,19,31H,17-18,20-21H2,1H3,(H,33,39)/t31-/m0/s1. The number of ether oxygens (including phenoxy) is 2. The van der Waals surface area contributed by atoms with Crippen LogP contribution in [0.15, 0.2) is 97.1 Å². The van der Waals surface area contributed by atoms with Gasteiger partial charge in [0.05, 0.1) is 5.52 Å². The number of para-hydroxylation sites is 1. The van der Waals surface area contributed by atoms with Gasteiger partial charge in [0.15, 0.2) is 11.5 Å². The van der Waals surface area contributed by atoms with Crippen molar-refractivity contribution in [2.45, 2.75) is 26.1 Å². The zero-order valence-electron chi connectivity index (χ0n) is 22.6. The summed E-state index contributed by atoms with van der Waals surface area (Å²) in [6, 6.07) is 29.1. The molecule has 2 heterocycles. The third-order valence-corrected chi connectivity index (χ3v) is 7.08. The van der Waals surface area contributed by atoms with Gasteiger partial charge in [0, 0.05) is 18.3 Å². The summed E-state index contributed by atoms with van der Waals surface area (Å²) < 4.78 is 13.1. The van der Waals surface area contributed by atoms with Crippen LogP contribution in [0.2, 0.25) is 0 Å². The van der Waals surface area contributed by atoms with E-state index >= 15 is 0 Å². The second kappa shape index (κ2) is 11.5. The van der Waals surface area contributed by atoms with E-state index in [1.807, 2.05) is 85.8 Å². The zero-order chi connectivity index (χ0) is 28.2. The second-order valence-electron chi connectivity index (χ2n) is 9.79. The fourth-order valence-corrected chi connectivity index (χ4v) is 5.03. The molecule has 1 aliphatic heterocycles. The maximum absolute atomic E-state index is 14.3. The molecule has 2 amide bonds. The molecule has 4 aromatic carbocycles. The van der Waals surface area contributed by atoms with Gasteiger partial charge in [0.2, 0.25) is 11.8 Å². The molecule has 0 fully saturated rings. The van der Waals surface area contributed by atoms with E-state index in [9.17, 15) is 9.59 Å². The minimum atomic E-state index is -0.968. The normalized spacial score (nSPS) is 13.0. The summed E-state index contributed by atoms with van der Waals surface area (Å²) in [4.78, 5) is 29.9. The Balaban J connectivity index is 1.43. The lowest BCUT2D eigenvalue weighted by molar-refractivity contribution is -0.127. The number of amides is 2. The number of nitrogens with one attached hydrogen (secondary N) is 1. The van der Waals surface area contributed by atoms with Crippen molar-refractivity contribution >= 4 is 28.5 Å². The largest absolute Gasteiger partial charge is 0.486 e. The topological polar surface area (TPSA) is 98.6 Å². The number of fused-ring (bicyclic) bond motifs is 2. The summed E-state index contributed by atoms with van der Waals surface area (Å²) >= 11 is 0. The summed E-state index contributed by atoms with van der Waals surface area (Å²) in [5, 5.41) is 11.5. The summed E-state index contributed by atoms with van der Waals surface area (Å²) in [5.41, 5.74) is 4.47. The Kier molecular flexibility index (Phi) is 7.32. The number of aryl methyl sites for hydroxylation is 1. The summed E-state index contributed by atoms with van der Waals surface area (Å²) in [6.07, 6.45) is 0. The number of hydrogen-bond acceptors (Lipinski definition) is 6. The van der Waals surface area contributed by atoms with Crippen LogP contribution in [0.25, 0.3) is 11.0 Å². The molecule has 1 atom stereocenters. The van der Waals surface area contributed by atoms with Crippen molar-refractivity contribution in [2.75, 3.05) is 18.1 Å². The van der Waals surface area contributed by atoms with Crippen LogP contribution in [0.3, 0.4) is 0 Å². The van der Waals surface area contributed by atoms with E-state index in [1.54, 1.807) is 22.9 Å². The first-order chi connectivity index (χ1) is 20.1. The van der Waals surface area contributed by atoms with E-state index < -0.39 is 6.04 Å². The Labute approximate surface area is 237 Å². The highest BCUT2D eigenvalue weighted by Crippen LogP contribution is 2.38. The molecular weight excluding hydrogens is 518 g/mol. The third kappa shape index (κ3) is 5.47. The molecule has 1 aromatic heterocycles. The van der Waals surface area contributed by atoms with Gasteiger partial charge >= 0.3 is 0 Å². The van der Waals surface area contributed by atoms with E-state index in [2.05, 4.69) is 15.6 Å². The minimum Gasteiger partial charge on any atom is -0.486 e. The van der Waals surface area contributed by atoms with Gasteiger partial charge in [-0.05, 0) is 47.9 Å². The van der Waals surface area contributed by atoms with Gasteiger partial charge in [-0.15, -0.1) is 5.10 Å². The Morgan fingerprint density at radius 1 is 0.902 bits per heavy atom. The molecule has 1 aliphatic rings. The highest BCUT2D eigenvalue weighted by atomic mass is 16.6. The van der Waals surface area contributed by atoms with Crippen LogP contribution in [0, 0.1) is 6.92 Å². The second-order valence-corrected chi connectivity index (χ2v) is 9.79. The Hall–Kier alpha value is -5.18. The van der Waals surface area contributed by atoms with Crippen molar-refractivity contribution in [1.29, 1.82) is 0 Å². The fourth-order valence-electron chi connectivity index (χ4n) is 5.03. The van der Waals surface area contributed by atoms with E-state index in [0.717, 1.165) is 16.6 Å². The molecule has 0 saturated heterocycles. The van der Waals surface area contributed by atoms with Gasteiger partial charge in [-0.2, -0.15) is 0 Å². The summed E-state index contributed by atoms with van der Waals surface area (Å²) in [5.74, 6) is 0.469. The van der Waals surface area contributed by atoms with Crippen LogP contribution in [-0.2, 0) is 22.7 Å². The molecule has 9 nitrogen and oxygen atoms in total. The van der Waals surface area contributed by atoms with Gasteiger partial charge in [0.1, 0.15) is 31.3 Å². The summed E-state index contributed by atoms with van der Waals surface area (Å²) in [6.45, 7) is 2.97. The molecule has 0 bridgehead atoms. The average molecular weight is 548 g/mol. The van der Waals surface area contributed by atoms with Crippen molar-refractivity contribution < 1.29 is 19.1 Å². The molecular formula is C32H29N5O4. The van der Waals surface area contributed by atoms with E-state index in [0.29, 0.717) is 48.0 Å². The number of aromatic nitrogens is 3. The van der Waals surface area contributed by atoms with E-state index in [4.69, 9.17) is 9.47 Å². The molecule has 0 spiro atoms. The van der Waals surface area contributed by atoms with Crippen LogP contribution < -0.4 is 19.7 Å². The fraction of sp³-hybridized carbons (Fsp3) is 0.188. The predicted octanol–water partition coefficient (Wildman–Crippen LogP) is 4.60. The van der Waals surface area contributed by atoms with E-state index in [-0.39, 0.29) is 18.4 Å². The lowest BCUT2D eigenvalue weighted by Crippen LogP contribution is -2.45. The highest BCUT2D eigenvalue weighted by molar-refractivity contribution is 6.02. The number of carbonyl (C=O) groups excluding carboxylic acids is 2. The maximum atomic E-state index is 14.3. The Bertz CT molecular complexity index is 1700. The molecule has 0 saturated carbocycles. The van der Waals surface area contributed by atoms with Crippen LogP contribution in [0.5, 0.6) is 11.5 Å². The number of carbonyl (C=O) groups is 2. The molecule has 5 aromatic rings. The monoisotopic (exact) mass is 547 g/mol. The van der Waals surface area contributed by atoms with Gasteiger partial charge in [0.25, 0.3) is 0 Å². The lowest BCUT2D eigenvalue weighted by Gasteiger charge is -2.33. The Morgan fingerprint density at radius 2 is 1.63 bits per heavy atom. The smallest absolute Gasteiger partial charge is 0.249 e. The number of benzene rings is 4. The molecule has 206 valence electrons. The van der Waals surface area contributed by atoms with Crippen LogP contribution >= 0.6 is 0 Å². The first kappa shape index (κ1) is 26.1. The van der Waals surface area contributed by atoms with Crippen LogP contribution in [0.1, 0.15) is 22.7 Å². The van der Waals surface area contributed by atoms with Crippen molar-refractivity contribution in [3.63, 3.8) is 0 Å². The van der Waals surface area contributed by atoms with Crippen molar-refractivity contribution in [1.82, 2.24) is 20.3 Å². The Morgan fingerprint density at radius 3 is 2.46 bits per heavy atom. The zero-order valence-corrected chi connectivity index (χ0v) is 22.6. The van der Waals surface area contributed by atoms with Gasteiger partial charge in [-0.1, -0.05) is 71.9 Å². The minimum absolute atomic E-state index is 0.122. The van der Waals surface area contributed by atoms with Gasteiger partial charge in [-0.3, -0.25) is 14.5 Å². The molecule has 6 rings (SSSR count). The average Bonchev–Trinajstić information content (AvgIpc) is 3.42. The highest BCUT2D eigenvalue weighted by Gasteiger charge is 2.35. The molecule has 0 unspecified atom stereocenters. The van der Waals surface area contributed by atoms with Gasteiger partial charge in [-0.25, -0.2) is 4.68 Å². The summed E-state index contributed by atoms with van der Waals surface area (Å²) in [7, 11) is 0. The SMILES string of the molecule is Cc1ccccc1[C@@H](C(=O)NCc1ccccc1)N(C(=O)Cn1nnc2ccccc21)c1ccc2c(c1)OCCO2. The number of anilines is 1. The lowest BCUT2D eigenvalue weighted by atomic mass is 9.98. The van der Waals surface area contributed by atoms with Crippen molar-refractivity contribution in [2.24, 2.45) is 0 Å². The third-order valence-electron chi connectivity index (χ3n) is 7.08. The molecule has 0 radical (unpaired) electrons. The first-order valence-electron chi connectivity index (χ1n) is 13.5. The van der Waals surface area contributed by atoms with Crippen molar-refractivity contribution in [3.8, 4) is 11.5 Å². The van der Waals surface area contributed by atoms with Crippen LogP contribution in [-0.4, -0.2) is 40.0 Å². The first-order valence-corrected chi connectivity index (χ1v) is 13.5. The molecule has 41 heavy (non-hydrogen) atoms. The molecule has 1 N–H and O–H groups in total. The number of rotatable bonds is 8. The molecule has 0 aliphatic carbocycles. The molecule has 9 heteroatoms. The number of hydrogen-bond donors (Lipinski definition) is 1. The predicted molar refractivity (Wildman–Crippen MR) is 155 cm³/mol. The van der Waals surface area contributed by atoms with Crippen molar-refractivity contribution in [3.05, 3.63) is 114 Å².